The number of carbonyl (C=O) groups excluding carboxylic acids is 1. The van der Waals surface area contributed by atoms with Crippen LogP contribution < -0.4 is 5.32 Å². The van der Waals surface area contributed by atoms with Crippen LogP contribution in [0.2, 0.25) is 0 Å². The standard InChI is InChI=1S/C18H25NO/c20-18(19-15-11-7-2-1-3-8-12-15)17-13-16(17)14-9-5-4-6-10-14/h4-6,9-10,15-17H,1-3,7-8,11-13H2,(H,19,20)/t16-,17+/m0/s1. The molecule has 3 rings (SSSR count). The van der Waals surface area contributed by atoms with Crippen molar-refractivity contribution in [3.63, 3.8) is 0 Å². The van der Waals surface area contributed by atoms with Crippen LogP contribution >= 0.6 is 0 Å². The zero-order chi connectivity index (χ0) is 13.8. The Morgan fingerprint density at radius 1 is 0.950 bits per heavy atom. The second kappa shape index (κ2) is 6.43. The molecule has 0 aromatic heterocycles. The third-order valence-corrected chi connectivity index (χ3v) is 4.81. The van der Waals surface area contributed by atoms with Crippen LogP contribution in [0.1, 0.15) is 62.8 Å². The lowest BCUT2D eigenvalue weighted by Crippen LogP contribution is -2.36. The molecule has 0 unspecified atom stereocenters. The van der Waals surface area contributed by atoms with Crippen molar-refractivity contribution in [2.45, 2.75) is 63.3 Å². The highest BCUT2D eigenvalue weighted by atomic mass is 16.2. The fraction of sp³-hybridized carbons (Fsp3) is 0.611. The fourth-order valence-corrected chi connectivity index (χ4v) is 3.46. The summed E-state index contributed by atoms with van der Waals surface area (Å²) in [4.78, 5) is 12.3. The van der Waals surface area contributed by atoms with E-state index in [1.807, 2.05) is 6.07 Å². The highest BCUT2D eigenvalue weighted by Gasteiger charge is 2.44. The van der Waals surface area contributed by atoms with Gasteiger partial charge in [-0.25, -0.2) is 0 Å². The summed E-state index contributed by atoms with van der Waals surface area (Å²) in [5.41, 5.74) is 1.32. The number of amides is 1. The number of hydrogen-bond acceptors (Lipinski definition) is 1. The molecule has 2 aliphatic rings. The lowest BCUT2D eigenvalue weighted by molar-refractivity contribution is -0.123. The summed E-state index contributed by atoms with van der Waals surface area (Å²) >= 11 is 0. The van der Waals surface area contributed by atoms with Crippen molar-refractivity contribution in [3.05, 3.63) is 35.9 Å². The van der Waals surface area contributed by atoms with E-state index < -0.39 is 0 Å². The number of hydrogen-bond donors (Lipinski definition) is 1. The Hall–Kier alpha value is -1.31. The van der Waals surface area contributed by atoms with E-state index >= 15 is 0 Å². The summed E-state index contributed by atoms with van der Waals surface area (Å²) in [6.07, 6.45) is 9.98. The quantitative estimate of drug-likeness (QED) is 0.884. The van der Waals surface area contributed by atoms with Gasteiger partial charge >= 0.3 is 0 Å². The van der Waals surface area contributed by atoms with Gasteiger partial charge in [0.1, 0.15) is 0 Å². The van der Waals surface area contributed by atoms with Gasteiger partial charge in [-0.05, 0) is 30.7 Å². The molecule has 1 aromatic rings. The van der Waals surface area contributed by atoms with E-state index in [2.05, 4.69) is 29.6 Å². The van der Waals surface area contributed by atoms with Crippen molar-refractivity contribution in [1.29, 1.82) is 0 Å². The largest absolute Gasteiger partial charge is 0.353 e. The first-order valence-electron chi connectivity index (χ1n) is 8.20. The van der Waals surface area contributed by atoms with Crippen molar-refractivity contribution in [3.8, 4) is 0 Å². The van der Waals surface area contributed by atoms with Gasteiger partial charge in [0, 0.05) is 12.0 Å². The Bertz CT molecular complexity index is 434. The maximum Gasteiger partial charge on any atom is 0.223 e. The van der Waals surface area contributed by atoms with Crippen LogP contribution in [0.3, 0.4) is 0 Å². The van der Waals surface area contributed by atoms with Gasteiger partial charge in [0.05, 0.1) is 0 Å². The smallest absolute Gasteiger partial charge is 0.223 e. The molecule has 2 fully saturated rings. The van der Waals surface area contributed by atoms with E-state index in [9.17, 15) is 4.79 Å². The van der Waals surface area contributed by atoms with Crippen LogP contribution in [-0.2, 0) is 4.79 Å². The Balaban J connectivity index is 1.50. The summed E-state index contributed by atoms with van der Waals surface area (Å²) in [5.74, 6) is 0.983. The highest BCUT2D eigenvalue weighted by Crippen LogP contribution is 2.47. The van der Waals surface area contributed by atoms with Crippen LogP contribution in [-0.4, -0.2) is 11.9 Å². The minimum absolute atomic E-state index is 0.225. The average molecular weight is 271 g/mol. The Morgan fingerprint density at radius 2 is 1.60 bits per heavy atom. The highest BCUT2D eigenvalue weighted by molar-refractivity contribution is 5.83. The summed E-state index contributed by atoms with van der Waals surface area (Å²) in [5, 5.41) is 3.31. The predicted molar refractivity (Wildman–Crippen MR) is 81.5 cm³/mol. The lowest BCUT2D eigenvalue weighted by Gasteiger charge is -2.21. The minimum atomic E-state index is 0.225. The molecule has 20 heavy (non-hydrogen) atoms. The molecule has 0 saturated heterocycles. The summed E-state index contributed by atoms with van der Waals surface area (Å²) in [6, 6.07) is 10.9. The van der Waals surface area contributed by atoms with E-state index in [0.29, 0.717) is 17.9 Å². The molecule has 2 heteroatoms. The number of benzene rings is 1. The summed E-state index contributed by atoms with van der Waals surface area (Å²) in [7, 11) is 0. The van der Waals surface area contributed by atoms with Crippen LogP contribution in [0.25, 0.3) is 0 Å². The number of rotatable bonds is 3. The van der Waals surface area contributed by atoms with Crippen LogP contribution in [0.5, 0.6) is 0 Å². The normalized spacial score (nSPS) is 27.4. The molecule has 0 radical (unpaired) electrons. The molecular formula is C18H25NO. The minimum Gasteiger partial charge on any atom is -0.353 e. The first-order valence-corrected chi connectivity index (χ1v) is 8.20. The molecule has 0 bridgehead atoms. The topological polar surface area (TPSA) is 29.1 Å². The van der Waals surface area contributed by atoms with E-state index in [4.69, 9.17) is 0 Å². The third kappa shape index (κ3) is 3.41. The molecular weight excluding hydrogens is 246 g/mol. The van der Waals surface area contributed by atoms with E-state index in [0.717, 1.165) is 6.42 Å². The zero-order valence-corrected chi connectivity index (χ0v) is 12.2. The van der Waals surface area contributed by atoms with Crippen molar-refractivity contribution in [1.82, 2.24) is 5.32 Å². The van der Waals surface area contributed by atoms with Crippen molar-refractivity contribution >= 4 is 5.91 Å². The predicted octanol–water partition coefficient (Wildman–Crippen LogP) is 4.02. The molecule has 2 aliphatic carbocycles. The molecule has 1 N–H and O–H groups in total. The zero-order valence-electron chi connectivity index (χ0n) is 12.2. The molecule has 1 aromatic carbocycles. The van der Waals surface area contributed by atoms with Gasteiger partial charge in [-0.15, -0.1) is 0 Å². The number of nitrogens with one attached hydrogen (secondary N) is 1. The van der Waals surface area contributed by atoms with E-state index in [-0.39, 0.29) is 5.92 Å². The van der Waals surface area contributed by atoms with Crippen LogP contribution in [0, 0.1) is 5.92 Å². The second-order valence-electron chi connectivity index (χ2n) is 6.41. The van der Waals surface area contributed by atoms with Crippen LogP contribution in [0.15, 0.2) is 30.3 Å². The molecule has 2 nitrogen and oxygen atoms in total. The van der Waals surface area contributed by atoms with Gasteiger partial charge in [0.25, 0.3) is 0 Å². The maximum atomic E-state index is 12.3. The third-order valence-electron chi connectivity index (χ3n) is 4.81. The maximum absolute atomic E-state index is 12.3. The van der Waals surface area contributed by atoms with Gasteiger partial charge in [-0.1, -0.05) is 62.4 Å². The molecule has 0 aliphatic heterocycles. The Morgan fingerprint density at radius 3 is 2.30 bits per heavy atom. The Labute approximate surface area is 122 Å². The SMILES string of the molecule is O=C(NC1CCCCCCC1)[C@@H]1C[C@H]1c1ccccc1. The van der Waals surface area contributed by atoms with Crippen molar-refractivity contribution in [2.75, 3.05) is 0 Å². The molecule has 108 valence electrons. The molecule has 2 atom stereocenters. The summed E-state index contributed by atoms with van der Waals surface area (Å²) in [6.45, 7) is 0. The molecule has 0 spiro atoms. The molecule has 1 amide bonds. The first-order chi connectivity index (χ1) is 9.84. The Kier molecular flexibility index (Phi) is 4.39. The van der Waals surface area contributed by atoms with Crippen molar-refractivity contribution < 1.29 is 4.79 Å². The lowest BCUT2D eigenvalue weighted by atomic mass is 9.96. The van der Waals surface area contributed by atoms with Crippen LogP contribution in [0.4, 0.5) is 0 Å². The second-order valence-corrected chi connectivity index (χ2v) is 6.41. The fourth-order valence-electron chi connectivity index (χ4n) is 3.46. The van der Waals surface area contributed by atoms with Gasteiger partial charge in [0.15, 0.2) is 0 Å². The van der Waals surface area contributed by atoms with Crippen molar-refractivity contribution in [2.24, 2.45) is 5.92 Å². The molecule has 0 heterocycles. The monoisotopic (exact) mass is 271 g/mol. The summed E-state index contributed by atoms with van der Waals surface area (Å²) < 4.78 is 0. The number of carbonyl (C=O) groups is 1. The molecule has 2 saturated carbocycles. The van der Waals surface area contributed by atoms with E-state index in [1.165, 1.54) is 50.5 Å². The van der Waals surface area contributed by atoms with Gasteiger partial charge in [0.2, 0.25) is 5.91 Å². The van der Waals surface area contributed by atoms with Gasteiger partial charge in [-0.2, -0.15) is 0 Å². The first kappa shape index (κ1) is 13.7. The van der Waals surface area contributed by atoms with E-state index in [1.54, 1.807) is 0 Å². The van der Waals surface area contributed by atoms with Gasteiger partial charge in [-0.3, -0.25) is 4.79 Å². The van der Waals surface area contributed by atoms with Gasteiger partial charge < -0.3 is 5.32 Å². The average Bonchev–Trinajstić information content (AvgIpc) is 3.23.